The molecule has 1 heterocycles. The predicted octanol–water partition coefficient (Wildman–Crippen LogP) is 1.85. The molecule has 1 aromatic rings. The van der Waals surface area contributed by atoms with Crippen molar-refractivity contribution >= 4 is 0 Å². The van der Waals surface area contributed by atoms with Gasteiger partial charge in [-0.3, -0.25) is 0 Å². The Balaban J connectivity index is 2.40. The number of rotatable bonds is 3. The third kappa shape index (κ3) is 1.86. The minimum Gasteiger partial charge on any atom is -0.496 e. The number of nitriles is 1. The van der Waals surface area contributed by atoms with Gasteiger partial charge in [-0.05, 0) is 36.6 Å². The fourth-order valence-corrected chi connectivity index (χ4v) is 2.30. The van der Waals surface area contributed by atoms with Crippen molar-refractivity contribution in [2.45, 2.75) is 19.9 Å². The Kier molecular flexibility index (Phi) is 3.29. The van der Waals surface area contributed by atoms with Crippen molar-refractivity contribution in [1.29, 1.82) is 5.26 Å². The molecule has 0 bridgehead atoms. The highest BCUT2D eigenvalue weighted by Crippen LogP contribution is 2.40. The second-order valence-corrected chi connectivity index (χ2v) is 4.92. The molecule has 1 aliphatic rings. The van der Waals surface area contributed by atoms with E-state index in [0.717, 1.165) is 22.4 Å². The van der Waals surface area contributed by atoms with E-state index in [1.807, 2.05) is 26.0 Å². The van der Waals surface area contributed by atoms with Crippen LogP contribution in [0.5, 0.6) is 5.75 Å². The van der Waals surface area contributed by atoms with Crippen molar-refractivity contribution < 1.29 is 9.47 Å². The molecule has 0 spiro atoms. The van der Waals surface area contributed by atoms with Gasteiger partial charge in [0.15, 0.2) is 0 Å². The van der Waals surface area contributed by atoms with Gasteiger partial charge < -0.3 is 15.2 Å². The number of benzene rings is 1. The molecule has 18 heavy (non-hydrogen) atoms. The molecule has 1 aliphatic heterocycles. The molecule has 0 saturated carbocycles. The molecule has 1 atom stereocenters. The van der Waals surface area contributed by atoms with Crippen LogP contribution >= 0.6 is 0 Å². The Hall–Kier alpha value is -1.57. The fourth-order valence-electron chi connectivity index (χ4n) is 2.30. The maximum absolute atomic E-state index is 9.29. The third-order valence-corrected chi connectivity index (χ3v) is 3.66. The van der Waals surface area contributed by atoms with Crippen molar-refractivity contribution in [2.24, 2.45) is 11.1 Å². The summed E-state index contributed by atoms with van der Waals surface area (Å²) in [7, 11) is 1.65. The lowest BCUT2D eigenvalue weighted by molar-refractivity contribution is -0.0911. The van der Waals surface area contributed by atoms with Gasteiger partial charge in [-0.1, -0.05) is 6.07 Å². The summed E-state index contributed by atoms with van der Waals surface area (Å²) in [5.74, 6) is 0.847. The smallest absolute Gasteiger partial charge is 0.123 e. The maximum atomic E-state index is 9.29. The van der Waals surface area contributed by atoms with Crippen molar-refractivity contribution in [2.75, 3.05) is 20.3 Å². The topological polar surface area (TPSA) is 68.3 Å². The van der Waals surface area contributed by atoms with Gasteiger partial charge in [0.25, 0.3) is 0 Å². The summed E-state index contributed by atoms with van der Waals surface area (Å²) < 4.78 is 10.4. The molecule has 4 heteroatoms. The highest BCUT2D eigenvalue weighted by atomic mass is 16.5. The van der Waals surface area contributed by atoms with E-state index in [1.54, 1.807) is 7.11 Å². The van der Waals surface area contributed by atoms with E-state index >= 15 is 0 Å². The minimum absolute atomic E-state index is 0.319. The monoisotopic (exact) mass is 246 g/mol. The third-order valence-electron chi connectivity index (χ3n) is 3.66. The summed E-state index contributed by atoms with van der Waals surface area (Å²) in [6.45, 7) is 4.79. The average molecular weight is 246 g/mol. The van der Waals surface area contributed by atoms with Gasteiger partial charge in [0.05, 0.1) is 32.4 Å². The normalized spacial score (nSPS) is 18.6. The Labute approximate surface area is 107 Å². The number of hydrogen-bond donors (Lipinski definition) is 1. The number of aryl methyl sites for hydroxylation is 2. The molecule has 1 unspecified atom stereocenters. The van der Waals surface area contributed by atoms with Crippen molar-refractivity contribution in [3.05, 3.63) is 28.8 Å². The Morgan fingerprint density at radius 1 is 1.39 bits per heavy atom. The van der Waals surface area contributed by atoms with E-state index in [1.165, 1.54) is 0 Å². The maximum Gasteiger partial charge on any atom is 0.123 e. The van der Waals surface area contributed by atoms with Gasteiger partial charge in [0.2, 0.25) is 0 Å². The van der Waals surface area contributed by atoms with Crippen LogP contribution in [0.1, 0.15) is 22.7 Å². The van der Waals surface area contributed by atoms with Crippen LogP contribution in [0.15, 0.2) is 12.1 Å². The highest BCUT2D eigenvalue weighted by molar-refractivity contribution is 5.44. The molecule has 1 fully saturated rings. The lowest BCUT2D eigenvalue weighted by Gasteiger charge is -2.40. The Morgan fingerprint density at radius 3 is 2.50 bits per heavy atom. The first-order chi connectivity index (χ1) is 8.54. The Bertz CT molecular complexity index is 501. The summed E-state index contributed by atoms with van der Waals surface area (Å²) in [6, 6.07) is 5.97. The predicted molar refractivity (Wildman–Crippen MR) is 68.3 cm³/mol. The van der Waals surface area contributed by atoms with Crippen molar-refractivity contribution in [3.8, 4) is 11.8 Å². The first-order valence-corrected chi connectivity index (χ1v) is 5.94. The van der Waals surface area contributed by atoms with Crippen LogP contribution < -0.4 is 10.5 Å². The number of nitrogens with zero attached hydrogens (tertiary/aromatic N) is 1. The largest absolute Gasteiger partial charge is 0.496 e. The second-order valence-electron chi connectivity index (χ2n) is 4.92. The summed E-state index contributed by atoms with van der Waals surface area (Å²) >= 11 is 0. The lowest BCUT2D eigenvalue weighted by atomic mass is 9.75. The van der Waals surface area contributed by atoms with Crippen LogP contribution in [0.3, 0.4) is 0 Å². The molecule has 96 valence electrons. The summed E-state index contributed by atoms with van der Waals surface area (Å²) in [5, 5.41) is 9.29. The highest BCUT2D eigenvalue weighted by Gasteiger charge is 2.45. The molecule has 0 aliphatic carbocycles. The quantitative estimate of drug-likeness (QED) is 0.883. The van der Waals surface area contributed by atoms with E-state index in [-0.39, 0.29) is 6.04 Å². The van der Waals surface area contributed by atoms with Crippen LogP contribution in [0, 0.1) is 30.6 Å². The van der Waals surface area contributed by atoms with Crippen molar-refractivity contribution in [3.63, 3.8) is 0 Å². The van der Waals surface area contributed by atoms with E-state index in [4.69, 9.17) is 15.2 Å². The van der Waals surface area contributed by atoms with Crippen LogP contribution in [0.25, 0.3) is 0 Å². The first-order valence-electron chi connectivity index (χ1n) is 5.94. The number of nitrogens with two attached hydrogens (primary N) is 1. The van der Waals surface area contributed by atoms with Gasteiger partial charge in [0.1, 0.15) is 11.2 Å². The van der Waals surface area contributed by atoms with Crippen LogP contribution in [0.4, 0.5) is 0 Å². The molecule has 2 rings (SSSR count). The molecule has 0 aromatic heterocycles. The standard InChI is InChI=1S/C14H18N2O2/c1-9-5-12(17-3)10(2)4-11(9)13(16)14(6-15)7-18-8-14/h4-5,13H,7-8,16H2,1-3H3. The van der Waals surface area contributed by atoms with Crippen LogP contribution in [0.2, 0.25) is 0 Å². The summed E-state index contributed by atoms with van der Waals surface area (Å²) in [4.78, 5) is 0. The first kappa shape index (κ1) is 12.9. The SMILES string of the molecule is COc1cc(C)c(C(N)C2(C#N)COC2)cc1C. The molecular weight excluding hydrogens is 228 g/mol. The second kappa shape index (κ2) is 4.60. The van der Waals surface area contributed by atoms with E-state index in [9.17, 15) is 5.26 Å². The van der Waals surface area contributed by atoms with Gasteiger partial charge in [-0.2, -0.15) is 5.26 Å². The summed E-state index contributed by atoms with van der Waals surface area (Å²) in [6.07, 6.45) is 0. The van der Waals surface area contributed by atoms with Gasteiger partial charge in [-0.15, -0.1) is 0 Å². The van der Waals surface area contributed by atoms with E-state index in [0.29, 0.717) is 13.2 Å². The van der Waals surface area contributed by atoms with Gasteiger partial charge in [0, 0.05) is 0 Å². The molecule has 0 radical (unpaired) electrons. The number of ether oxygens (including phenoxy) is 2. The minimum atomic E-state index is -0.578. The zero-order chi connectivity index (χ0) is 13.3. The lowest BCUT2D eigenvalue weighted by Crippen LogP contribution is -2.49. The molecule has 2 N–H and O–H groups in total. The van der Waals surface area contributed by atoms with Crippen molar-refractivity contribution in [1.82, 2.24) is 0 Å². The molecule has 1 saturated heterocycles. The molecule has 1 aromatic carbocycles. The molecule has 0 amide bonds. The number of hydrogen-bond acceptors (Lipinski definition) is 4. The van der Waals surface area contributed by atoms with Gasteiger partial charge in [-0.25, -0.2) is 0 Å². The van der Waals surface area contributed by atoms with E-state index < -0.39 is 5.41 Å². The average Bonchev–Trinajstić information content (AvgIpc) is 2.30. The van der Waals surface area contributed by atoms with Crippen LogP contribution in [-0.4, -0.2) is 20.3 Å². The van der Waals surface area contributed by atoms with Crippen LogP contribution in [-0.2, 0) is 4.74 Å². The zero-order valence-corrected chi connectivity index (χ0v) is 11.0. The zero-order valence-electron chi connectivity index (χ0n) is 11.0. The van der Waals surface area contributed by atoms with E-state index in [2.05, 4.69) is 6.07 Å². The Morgan fingerprint density at radius 2 is 2.06 bits per heavy atom. The number of methoxy groups -OCH3 is 1. The van der Waals surface area contributed by atoms with Gasteiger partial charge >= 0.3 is 0 Å². The fraction of sp³-hybridized carbons (Fsp3) is 0.500. The summed E-state index contributed by atoms with van der Waals surface area (Å²) in [5.41, 5.74) is 8.76. The molecular formula is C14H18N2O2. The molecule has 4 nitrogen and oxygen atoms in total.